The minimum atomic E-state index is -0.00959. The highest BCUT2D eigenvalue weighted by Crippen LogP contribution is 2.29. The summed E-state index contributed by atoms with van der Waals surface area (Å²) in [4.78, 5) is 13.9. The van der Waals surface area contributed by atoms with Crippen molar-refractivity contribution >= 4 is 6.03 Å². The SMILES string of the molecule is CN(CC1=CCCOC1)C(=O)NCC1NCCCC1(C)C. The van der Waals surface area contributed by atoms with Gasteiger partial charge in [0.05, 0.1) is 13.2 Å². The first kappa shape index (κ1) is 16.3. The van der Waals surface area contributed by atoms with Gasteiger partial charge in [-0.15, -0.1) is 0 Å². The standard InChI is InChI=1S/C16H29N3O2/c1-16(2)7-5-8-17-14(16)10-18-15(20)19(3)11-13-6-4-9-21-12-13/h6,14,17H,4-5,7-12H2,1-3H3,(H,18,20). The molecule has 1 unspecified atom stereocenters. The summed E-state index contributed by atoms with van der Waals surface area (Å²) in [5.41, 5.74) is 1.43. The molecule has 0 aromatic rings. The van der Waals surface area contributed by atoms with Crippen molar-refractivity contribution in [3.05, 3.63) is 11.6 Å². The molecule has 0 aromatic carbocycles. The Morgan fingerprint density at radius 2 is 2.38 bits per heavy atom. The van der Waals surface area contributed by atoms with Gasteiger partial charge in [0.15, 0.2) is 0 Å². The van der Waals surface area contributed by atoms with Crippen LogP contribution in [0.2, 0.25) is 0 Å². The summed E-state index contributed by atoms with van der Waals surface area (Å²) in [5.74, 6) is 0. The molecule has 1 fully saturated rings. The van der Waals surface area contributed by atoms with Crippen LogP contribution in [0.5, 0.6) is 0 Å². The Bertz CT molecular complexity index is 393. The Kier molecular flexibility index (Phi) is 5.65. The van der Waals surface area contributed by atoms with Gasteiger partial charge in [-0.2, -0.15) is 0 Å². The second-order valence-electron chi connectivity index (χ2n) is 6.84. The van der Waals surface area contributed by atoms with Crippen LogP contribution >= 0.6 is 0 Å². The number of urea groups is 1. The van der Waals surface area contributed by atoms with E-state index in [1.807, 2.05) is 7.05 Å². The van der Waals surface area contributed by atoms with E-state index in [4.69, 9.17) is 4.74 Å². The molecule has 0 saturated carbocycles. The van der Waals surface area contributed by atoms with Crippen LogP contribution in [0.15, 0.2) is 11.6 Å². The van der Waals surface area contributed by atoms with E-state index < -0.39 is 0 Å². The van der Waals surface area contributed by atoms with Crippen molar-refractivity contribution in [1.82, 2.24) is 15.5 Å². The zero-order chi connectivity index (χ0) is 15.3. The Balaban J connectivity index is 1.76. The van der Waals surface area contributed by atoms with E-state index in [1.165, 1.54) is 18.4 Å². The Morgan fingerprint density at radius 3 is 3.05 bits per heavy atom. The van der Waals surface area contributed by atoms with Crippen molar-refractivity contribution in [2.45, 2.75) is 39.2 Å². The minimum Gasteiger partial charge on any atom is -0.377 e. The average Bonchev–Trinajstić information content (AvgIpc) is 2.46. The normalized spacial score (nSPS) is 25.1. The van der Waals surface area contributed by atoms with Gasteiger partial charge in [0, 0.05) is 26.2 Å². The molecule has 2 aliphatic rings. The highest BCUT2D eigenvalue weighted by atomic mass is 16.5. The first-order valence-corrected chi connectivity index (χ1v) is 7.97. The maximum Gasteiger partial charge on any atom is 0.317 e. The molecule has 1 atom stereocenters. The number of nitrogens with zero attached hydrogens (tertiary/aromatic N) is 1. The molecule has 21 heavy (non-hydrogen) atoms. The number of amides is 2. The summed E-state index contributed by atoms with van der Waals surface area (Å²) < 4.78 is 5.41. The molecule has 2 aliphatic heterocycles. The Labute approximate surface area is 128 Å². The number of rotatable bonds is 4. The molecule has 5 heteroatoms. The van der Waals surface area contributed by atoms with Gasteiger partial charge in [-0.1, -0.05) is 19.9 Å². The molecule has 1 saturated heterocycles. The highest BCUT2D eigenvalue weighted by Gasteiger charge is 2.32. The maximum absolute atomic E-state index is 12.2. The van der Waals surface area contributed by atoms with Crippen molar-refractivity contribution in [2.24, 2.45) is 5.41 Å². The van der Waals surface area contributed by atoms with Crippen LogP contribution in [-0.4, -0.2) is 56.9 Å². The van der Waals surface area contributed by atoms with E-state index in [9.17, 15) is 4.79 Å². The van der Waals surface area contributed by atoms with Gasteiger partial charge in [-0.25, -0.2) is 4.79 Å². The number of nitrogens with one attached hydrogen (secondary N) is 2. The van der Waals surface area contributed by atoms with E-state index >= 15 is 0 Å². The van der Waals surface area contributed by atoms with Gasteiger partial charge in [-0.05, 0) is 36.8 Å². The fourth-order valence-electron chi connectivity index (χ4n) is 3.04. The maximum atomic E-state index is 12.2. The van der Waals surface area contributed by atoms with Gasteiger partial charge in [-0.3, -0.25) is 0 Å². The topological polar surface area (TPSA) is 53.6 Å². The van der Waals surface area contributed by atoms with Crippen LogP contribution in [0.25, 0.3) is 0 Å². The quantitative estimate of drug-likeness (QED) is 0.777. The van der Waals surface area contributed by atoms with E-state index in [2.05, 4.69) is 30.6 Å². The zero-order valence-corrected chi connectivity index (χ0v) is 13.6. The molecule has 2 N–H and O–H groups in total. The van der Waals surface area contributed by atoms with E-state index in [0.717, 1.165) is 19.6 Å². The summed E-state index contributed by atoms with van der Waals surface area (Å²) >= 11 is 0. The second kappa shape index (κ2) is 7.27. The van der Waals surface area contributed by atoms with Gasteiger partial charge in [0.25, 0.3) is 0 Å². The van der Waals surface area contributed by atoms with Crippen molar-refractivity contribution in [3.8, 4) is 0 Å². The molecule has 2 amide bonds. The third-order valence-corrected chi connectivity index (χ3v) is 4.56. The van der Waals surface area contributed by atoms with Gasteiger partial charge >= 0.3 is 6.03 Å². The van der Waals surface area contributed by atoms with Crippen LogP contribution in [0.3, 0.4) is 0 Å². The third-order valence-electron chi connectivity index (χ3n) is 4.56. The van der Waals surface area contributed by atoms with E-state index in [1.54, 1.807) is 4.90 Å². The predicted octanol–water partition coefficient (Wildman–Crippen LogP) is 1.75. The Morgan fingerprint density at radius 1 is 1.57 bits per heavy atom. The van der Waals surface area contributed by atoms with Crippen LogP contribution < -0.4 is 10.6 Å². The van der Waals surface area contributed by atoms with Crippen molar-refractivity contribution < 1.29 is 9.53 Å². The predicted molar refractivity (Wildman–Crippen MR) is 84.4 cm³/mol. The third kappa shape index (κ3) is 4.71. The smallest absolute Gasteiger partial charge is 0.317 e. The number of likely N-dealkylation sites (N-methyl/N-ethyl adjacent to an activating group) is 1. The lowest BCUT2D eigenvalue weighted by Gasteiger charge is -2.39. The molecule has 0 bridgehead atoms. The summed E-state index contributed by atoms with van der Waals surface area (Å²) in [6.07, 6.45) is 5.55. The fraction of sp³-hybridized carbons (Fsp3) is 0.812. The van der Waals surface area contributed by atoms with Crippen molar-refractivity contribution in [1.29, 1.82) is 0 Å². The van der Waals surface area contributed by atoms with Crippen LogP contribution in [0, 0.1) is 5.41 Å². The summed E-state index contributed by atoms with van der Waals surface area (Å²) in [6.45, 7) is 8.35. The molecule has 0 aliphatic carbocycles. The number of ether oxygens (including phenoxy) is 1. The number of piperidine rings is 1. The monoisotopic (exact) mass is 295 g/mol. The van der Waals surface area contributed by atoms with Crippen LogP contribution in [-0.2, 0) is 4.74 Å². The van der Waals surface area contributed by atoms with E-state index in [0.29, 0.717) is 25.7 Å². The lowest BCUT2D eigenvalue weighted by atomic mass is 9.77. The zero-order valence-electron chi connectivity index (χ0n) is 13.6. The lowest BCUT2D eigenvalue weighted by molar-refractivity contribution is 0.143. The van der Waals surface area contributed by atoms with Crippen molar-refractivity contribution in [2.75, 3.05) is 39.9 Å². The first-order chi connectivity index (χ1) is 9.99. The Hall–Kier alpha value is -1.07. The lowest BCUT2D eigenvalue weighted by Crippen LogP contribution is -2.54. The molecule has 0 aromatic heterocycles. The van der Waals surface area contributed by atoms with Crippen LogP contribution in [0.1, 0.15) is 33.1 Å². The second-order valence-corrected chi connectivity index (χ2v) is 6.84. The summed E-state index contributed by atoms with van der Waals surface area (Å²) in [5, 5.41) is 6.57. The molecular weight excluding hydrogens is 266 g/mol. The van der Waals surface area contributed by atoms with Gasteiger partial charge in [0.1, 0.15) is 0 Å². The number of hydrogen-bond donors (Lipinski definition) is 2. The molecule has 0 radical (unpaired) electrons. The number of hydrogen-bond acceptors (Lipinski definition) is 3. The summed E-state index contributed by atoms with van der Waals surface area (Å²) in [7, 11) is 1.84. The summed E-state index contributed by atoms with van der Waals surface area (Å²) in [6, 6.07) is 0.338. The molecule has 0 spiro atoms. The molecule has 120 valence electrons. The number of carbonyl (C=O) groups excluding carboxylic acids is 1. The van der Waals surface area contributed by atoms with Crippen molar-refractivity contribution in [3.63, 3.8) is 0 Å². The highest BCUT2D eigenvalue weighted by molar-refractivity contribution is 5.74. The van der Waals surface area contributed by atoms with E-state index in [-0.39, 0.29) is 11.4 Å². The van der Waals surface area contributed by atoms with Gasteiger partial charge < -0.3 is 20.3 Å². The first-order valence-electron chi connectivity index (χ1n) is 7.97. The fourth-order valence-corrected chi connectivity index (χ4v) is 3.04. The molecular formula is C16H29N3O2. The number of carbonyl (C=O) groups is 1. The largest absolute Gasteiger partial charge is 0.377 e. The molecule has 2 heterocycles. The molecule has 5 nitrogen and oxygen atoms in total. The molecule has 2 rings (SSSR count). The minimum absolute atomic E-state index is 0.00959. The average molecular weight is 295 g/mol. The van der Waals surface area contributed by atoms with Gasteiger partial charge in [0.2, 0.25) is 0 Å². The van der Waals surface area contributed by atoms with Crippen LogP contribution in [0.4, 0.5) is 4.79 Å².